The van der Waals surface area contributed by atoms with E-state index in [4.69, 9.17) is 9.47 Å². The highest BCUT2D eigenvalue weighted by Crippen LogP contribution is 2.26. The van der Waals surface area contributed by atoms with Gasteiger partial charge in [-0.25, -0.2) is 0 Å². The zero-order valence-corrected chi connectivity index (χ0v) is 28.1. The van der Waals surface area contributed by atoms with Gasteiger partial charge in [-0.15, -0.1) is 0 Å². The van der Waals surface area contributed by atoms with Crippen LogP contribution >= 0.6 is 15.9 Å². The summed E-state index contributed by atoms with van der Waals surface area (Å²) in [5.41, 5.74) is 7.45. The zero-order chi connectivity index (χ0) is 32.8. The summed E-state index contributed by atoms with van der Waals surface area (Å²) in [6, 6.07) is 37.1. The predicted molar refractivity (Wildman–Crippen MR) is 190 cm³/mol. The summed E-state index contributed by atoms with van der Waals surface area (Å²) in [7, 11) is 0. The Labute approximate surface area is 284 Å². The molecule has 7 heteroatoms. The van der Waals surface area contributed by atoms with Crippen LogP contribution in [-0.2, 0) is 6.61 Å². The number of nitrogens with zero attached hydrogens (tertiary/aromatic N) is 1. The maximum absolute atomic E-state index is 12.8. The van der Waals surface area contributed by atoms with Crippen molar-refractivity contribution in [3.8, 4) is 22.6 Å². The van der Waals surface area contributed by atoms with Gasteiger partial charge in [-0.2, -0.15) is 0 Å². The number of rotatable bonds is 9. The number of halogens is 1. The lowest BCUT2D eigenvalue weighted by Gasteiger charge is -2.32. The summed E-state index contributed by atoms with van der Waals surface area (Å²) < 4.78 is 13.2. The number of anilines is 1. The van der Waals surface area contributed by atoms with Crippen LogP contribution in [0.4, 0.5) is 5.69 Å². The number of hydrogen-bond acceptors (Lipinski definition) is 4. The van der Waals surface area contributed by atoms with E-state index < -0.39 is 0 Å². The van der Waals surface area contributed by atoms with Crippen LogP contribution in [-0.4, -0.2) is 35.9 Å². The third-order valence-electron chi connectivity index (χ3n) is 8.42. The van der Waals surface area contributed by atoms with Crippen LogP contribution in [0.25, 0.3) is 11.1 Å². The molecule has 2 amide bonds. The van der Waals surface area contributed by atoms with Gasteiger partial charge in [-0.3, -0.25) is 9.59 Å². The monoisotopic (exact) mass is 688 g/mol. The molecule has 6 rings (SSSR count). The molecule has 0 atom stereocenters. The van der Waals surface area contributed by atoms with Crippen molar-refractivity contribution in [1.82, 2.24) is 4.90 Å². The van der Waals surface area contributed by atoms with Crippen LogP contribution in [0.15, 0.2) is 120 Å². The van der Waals surface area contributed by atoms with Gasteiger partial charge in [0.2, 0.25) is 0 Å². The molecule has 0 saturated carbocycles. The molecule has 1 N–H and O–H groups in total. The Kier molecular flexibility index (Phi) is 10.0. The molecule has 6 nitrogen and oxygen atoms in total. The molecule has 0 bridgehead atoms. The fourth-order valence-corrected chi connectivity index (χ4v) is 5.89. The Bertz CT molecular complexity index is 1830. The molecule has 1 saturated heterocycles. The van der Waals surface area contributed by atoms with Gasteiger partial charge in [0.25, 0.3) is 11.8 Å². The second kappa shape index (κ2) is 14.7. The van der Waals surface area contributed by atoms with Gasteiger partial charge in [0.15, 0.2) is 0 Å². The number of piperidine rings is 1. The average Bonchev–Trinajstić information content (AvgIpc) is 3.10. The summed E-state index contributed by atoms with van der Waals surface area (Å²) >= 11 is 3.51. The average molecular weight is 690 g/mol. The second-order valence-corrected chi connectivity index (χ2v) is 12.8. The molecular weight excluding hydrogens is 652 g/mol. The lowest BCUT2D eigenvalue weighted by Crippen LogP contribution is -2.41. The molecule has 1 heterocycles. The number of carbonyl (C=O) groups is 2. The minimum absolute atomic E-state index is 0.0885. The minimum atomic E-state index is -0.150. The third kappa shape index (κ3) is 8.29. The predicted octanol–water partition coefficient (Wildman–Crippen LogP) is 9.25. The van der Waals surface area contributed by atoms with E-state index in [-0.39, 0.29) is 17.9 Å². The topological polar surface area (TPSA) is 67.9 Å². The first kappa shape index (κ1) is 32.1. The highest BCUT2D eigenvalue weighted by molar-refractivity contribution is 9.10. The number of hydrogen-bond donors (Lipinski definition) is 1. The molecule has 1 aliphatic rings. The first-order valence-corrected chi connectivity index (χ1v) is 16.6. The molecule has 1 fully saturated rings. The van der Waals surface area contributed by atoms with Gasteiger partial charge >= 0.3 is 0 Å². The molecule has 47 heavy (non-hydrogen) atoms. The van der Waals surface area contributed by atoms with E-state index in [1.54, 1.807) is 0 Å². The van der Waals surface area contributed by atoms with Crippen LogP contribution in [0.5, 0.6) is 11.5 Å². The molecule has 0 aromatic heterocycles. The maximum Gasteiger partial charge on any atom is 0.255 e. The van der Waals surface area contributed by atoms with Gasteiger partial charge in [-0.1, -0.05) is 76.1 Å². The molecule has 0 unspecified atom stereocenters. The van der Waals surface area contributed by atoms with Crippen LogP contribution in [0, 0.1) is 13.8 Å². The number of carbonyl (C=O) groups excluding carboxylic acids is 2. The highest BCUT2D eigenvalue weighted by atomic mass is 79.9. The Balaban J connectivity index is 0.951. The summed E-state index contributed by atoms with van der Waals surface area (Å²) in [5.74, 6) is 1.54. The van der Waals surface area contributed by atoms with E-state index in [2.05, 4.69) is 21.2 Å². The molecular formula is C40H37BrN2O4. The number of benzene rings is 5. The van der Waals surface area contributed by atoms with E-state index >= 15 is 0 Å². The van der Waals surface area contributed by atoms with Gasteiger partial charge < -0.3 is 19.7 Å². The molecule has 5 aromatic rings. The Morgan fingerprint density at radius 3 is 1.98 bits per heavy atom. The van der Waals surface area contributed by atoms with E-state index in [0.29, 0.717) is 25.3 Å². The quantitative estimate of drug-likeness (QED) is 0.168. The lowest BCUT2D eigenvalue weighted by molar-refractivity contribution is 0.0595. The molecule has 5 aromatic carbocycles. The van der Waals surface area contributed by atoms with Crippen molar-refractivity contribution in [1.29, 1.82) is 0 Å². The van der Waals surface area contributed by atoms with Gasteiger partial charge in [0, 0.05) is 47.2 Å². The number of amides is 2. The van der Waals surface area contributed by atoms with Gasteiger partial charge in [0.05, 0.1) is 0 Å². The molecule has 1 aliphatic heterocycles. The maximum atomic E-state index is 12.8. The summed E-state index contributed by atoms with van der Waals surface area (Å²) in [6.45, 7) is 5.86. The lowest BCUT2D eigenvalue weighted by atomic mass is 10.0. The third-order valence-corrected chi connectivity index (χ3v) is 9.28. The molecule has 0 aliphatic carbocycles. The first-order valence-electron chi connectivity index (χ1n) is 15.8. The summed E-state index contributed by atoms with van der Waals surface area (Å²) in [4.78, 5) is 27.4. The van der Waals surface area contributed by atoms with Crippen molar-refractivity contribution in [2.24, 2.45) is 0 Å². The van der Waals surface area contributed by atoms with Crippen molar-refractivity contribution in [2.45, 2.75) is 39.4 Å². The molecule has 0 radical (unpaired) electrons. The van der Waals surface area contributed by atoms with Gasteiger partial charge in [-0.05, 0) is 96.8 Å². The van der Waals surface area contributed by atoms with Crippen molar-refractivity contribution < 1.29 is 19.1 Å². The second-order valence-electron chi connectivity index (χ2n) is 11.9. The van der Waals surface area contributed by atoms with Crippen LogP contribution in [0.1, 0.15) is 50.2 Å². The smallest absolute Gasteiger partial charge is 0.255 e. The summed E-state index contributed by atoms with van der Waals surface area (Å²) in [5, 5.41) is 2.95. The first-order chi connectivity index (χ1) is 22.8. The van der Waals surface area contributed by atoms with E-state index in [0.717, 1.165) is 67.9 Å². The van der Waals surface area contributed by atoms with Gasteiger partial charge in [0.1, 0.15) is 24.2 Å². The van der Waals surface area contributed by atoms with Crippen molar-refractivity contribution in [3.63, 3.8) is 0 Å². The fourth-order valence-electron chi connectivity index (χ4n) is 5.51. The normalized spacial score (nSPS) is 13.2. The van der Waals surface area contributed by atoms with Crippen molar-refractivity contribution in [3.05, 3.63) is 148 Å². The van der Waals surface area contributed by atoms with Crippen LogP contribution < -0.4 is 14.8 Å². The number of likely N-dealkylation sites (tertiary alicyclic amines) is 1. The Hall–Kier alpha value is -4.88. The van der Waals surface area contributed by atoms with Crippen LogP contribution in [0.3, 0.4) is 0 Å². The largest absolute Gasteiger partial charge is 0.490 e. The van der Waals surface area contributed by atoms with E-state index in [1.165, 1.54) is 0 Å². The minimum Gasteiger partial charge on any atom is -0.490 e. The van der Waals surface area contributed by atoms with E-state index in [1.807, 2.05) is 134 Å². The highest BCUT2D eigenvalue weighted by Gasteiger charge is 2.24. The molecule has 238 valence electrons. The fraction of sp³-hybridized carbons (Fsp3) is 0.200. The zero-order valence-electron chi connectivity index (χ0n) is 26.5. The number of aryl methyl sites for hydroxylation is 2. The van der Waals surface area contributed by atoms with E-state index in [9.17, 15) is 9.59 Å². The number of nitrogens with one attached hydrogen (secondary N) is 1. The number of ether oxygens (including phenoxy) is 2. The van der Waals surface area contributed by atoms with Crippen molar-refractivity contribution >= 4 is 33.4 Å². The summed E-state index contributed by atoms with van der Waals surface area (Å²) in [6.07, 6.45) is 1.71. The SMILES string of the molecule is Cc1ccc(C(=O)N2CCC(Oc3ccc(COc4ccc(-c5ccc(C(=O)Nc6ccc(C)c(Br)c6)cc5)cc4)cc3)CC2)cc1. The van der Waals surface area contributed by atoms with Crippen molar-refractivity contribution in [2.75, 3.05) is 18.4 Å². The molecule has 0 spiro atoms. The Morgan fingerprint density at radius 1 is 0.745 bits per heavy atom. The standard InChI is InChI=1S/C40H37BrN2O4/c1-27-3-8-33(9-4-27)40(45)43-23-21-37(22-24-43)47-36-17-6-29(7-18-36)26-46-35-19-14-31(15-20-35)30-10-12-32(13-11-30)39(44)42-34-16-5-28(2)38(41)25-34/h3-20,25,37H,21-24,26H2,1-2H3,(H,42,44). The Morgan fingerprint density at radius 2 is 1.34 bits per heavy atom. The van der Waals surface area contributed by atoms with Crippen LogP contribution in [0.2, 0.25) is 0 Å².